The third-order valence-corrected chi connectivity index (χ3v) is 1.02. The molecule has 0 saturated heterocycles. The van der Waals surface area contributed by atoms with E-state index in [1.54, 1.807) is 30.3 Å². The van der Waals surface area contributed by atoms with Gasteiger partial charge in [0.1, 0.15) is 0 Å². The van der Waals surface area contributed by atoms with Crippen molar-refractivity contribution < 1.29 is 18.7 Å². The Hall–Kier alpha value is -1.24. The summed E-state index contributed by atoms with van der Waals surface area (Å²) in [5.41, 5.74) is 0.331. The Labute approximate surface area is 97.7 Å². The van der Waals surface area contributed by atoms with Crippen LogP contribution in [0.1, 0.15) is 30.6 Å². The van der Waals surface area contributed by atoms with Crippen LogP contribution in [0.5, 0.6) is 0 Å². The average molecular weight is 246 g/mol. The molecule has 0 aliphatic carbocycles. The Morgan fingerprint density at radius 2 is 1.69 bits per heavy atom. The predicted octanol–water partition coefficient (Wildman–Crippen LogP) is 1.54. The zero-order valence-electron chi connectivity index (χ0n) is 9.25. The van der Waals surface area contributed by atoms with Gasteiger partial charge in [0.05, 0.1) is 5.56 Å². The molecular weight excluding hydrogens is 230 g/mol. The highest BCUT2D eigenvalue weighted by Gasteiger charge is 1.96. The maximum Gasteiger partial charge on any atom is 0.335 e. The van der Waals surface area contributed by atoms with E-state index in [2.05, 4.69) is 19.0 Å². The minimum Gasteiger partial charge on any atom is -0.760 e. The number of benzene rings is 1. The van der Waals surface area contributed by atoms with E-state index in [9.17, 15) is 4.79 Å². The number of nitrogens with two attached hydrogens (primary N) is 1. The number of rotatable bonds is 1. The van der Waals surface area contributed by atoms with Crippen molar-refractivity contribution in [2.45, 2.75) is 20.3 Å². The van der Waals surface area contributed by atoms with Crippen LogP contribution in [0.3, 0.4) is 0 Å². The highest BCUT2D eigenvalue weighted by molar-refractivity contribution is 7.76. The lowest BCUT2D eigenvalue weighted by molar-refractivity contribution is 0.0697. The van der Waals surface area contributed by atoms with E-state index in [1.807, 2.05) is 0 Å². The third-order valence-electron chi connectivity index (χ3n) is 1.02. The number of carbonyl (C=O) groups is 1. The molecule has 0 heterocycles. The fraction of sp³-hybridized carbons (Fsp3) is 0.300. The van der Waals surface area contributed by atoms with E-state index >= 15 is 0 Å². The average Bonchev–Trinajstić information content (AvgIpc) is 2.19. The number of carboxylic acid groups (broad SMARTS) is 1. The summed E-state index contributed by atoms with van der Waals surface area (Å²) in [6.07, 6.45) is 1.25. The Bertz CT molecular complexity index is 299. The first kappa shape index (κ1) is 17.2. The second-order valence-electron chi connectivity index (χ2n) is 2.64. The Balaban J connectivity index is 0. The molecule has 1 rings (SSSR count). The van der Waals surface area contributed by atoms with Crippen molar-refractivity contribution in [1.29, 1.82) is 0 Å². The van der Waals surface area contributed by atoms with E-state index in [4.69, 9.17) is 13.9 Å². The molecular formula is C10H16NO4S-. The summed E-state index contributed by atoms with van der Waals surface area (Å²) >= 11 is -2.36. The van der Waals surface area contributed by atoms with Crippen molar-refractivity contribution in [3.8, 4) is 0 Å². The largest absolute Gasteiger partial charge is 0.760 e. The van der Waals surface area contributed by atoms with Gasteiger partial charge in [0.2, 0.25) is 0 Å². The molecule has 0 amide bonds. The van der Waals surface area contributed by atoms with E-state index in [0.717, 1.165) is 0 Å². The molecule has 3 N–H and O–H groups in total. The fourth-order valence-electron chi connectivity index (χ4n) is 0.581. The molecule has 0 aromatic heterocycles. The molecule has 0 fully saturated rings. The van der Waals surface area contributed by atoms with Crippen LogP contribution >= 0.6 is 0 Å². The predicted molar refractivity (Wildman–Crippen MR) is 62.5 cm³/mol. The van der Waals surface area contributed by atoms with E-state index in [1.165, 1.54) is 6.42 Å². The second-order valence-corrected chi connectivity index (χ2v) is 3.16. The van der Waals surface area contributed by atoms with Gasteiger partial charge in [-0.15, -0.1) is 0 Å². The summed E-state index contributed by atoms with van der Waals surface area (Å²) in [6.45, 7) is 4.25. The van der Waals surface area contributed by atoms with Gasteiger partial charge >= 0.3 is 5.97 Å². The molecule has 1 aromatic carbocycles. The fourth-order valence-corrected chi connectivity index (χ4v) is 0.581. The van der Waals surface area contributed by atoms with Crippen molar-refractivity contribution in [2.24, 2.45) is 5.14 Å². The van der Waals surface area contributed by atoms with Crippen molar-refractivity contribution in [1.82, 2.24) is 0 Å². The Morgan fingerprint density at radius 1 is 1.38 bits per heavy atom. The van der Waals surface area contributed by atoms with Gasteiger partial charge in [-0.1, -0.05) is 38.5 Å². The van der Waals surface area contributed by atoms with Crippen LogP contribution < -0.4 is 5.14 Å². The van der Waals surface area contributed by atoms with Gasteiger partial charge in [0.15, 0.2) is 0 Å². The molecule has 5 nitrogen and oxygen atoms in total. The van der Waals surface area contributed by atoms with E-state index in [-0.39, 0.29) is 0 Å². The topological polar surface area (TPSA) is 103 Å². The van der Waals surface area contributed by atoms with Gasteiger partial charge in [-0.05, 0) is 12.1 Å². The van der Waals surface area contributed by atoms with Crippen LogP contribution in [-0.2, 0) is 11.3 Å². The normalized spacial score (nSPS) is 10.0. The van der Waals surface area contributed by atoms with Crippen molar-refractivity contribution >= 4 is 17.2 Å². The lowest BCUT2D eigenvalue weighted by Crippen LogP contribution is -1.97. The van der Waals surface area contributed by atoms with Crippen LogP contribution in [0.25, 0.3) is 0 Å². The minimum atomic E-state index is -2.36. The first-order chi connectivity index (χ1) is 7.45. The molecule has 0 aliphatic heterocycles. The van der Waals surface area contributed by atoms with Crippen molar-refractivity contribution in [3.05, 3.63) is 35.9 Å². The van der Waals surface area contributed by atoms with Gasteiger partial charge in [-0.3, -0.25) is 9.35 Å². The van der Waals surface area contributed by atoms with Crippen LogP contribution in [0.4, 0.5) is 0 Å². The molecule has 1 unspecified atom stereocenters. The highest BCUT2D eigenvalue weighted by atomic mass is 32.2. The highest BCUT2D eigenvalue weighted by Crippen LogP contribution is 1.96. The van der Waals surface area contributed by atoms with E-state index < -0.39 is 17.2 Å². The molecule has 0 saturated carbocycles. The molecule has 0 aliphatic rings. The standard InChI is InChI=1S/C7H6O2.C3H8.H3NO2S/c8-7(9)6-4-2-1-3-5-6;1-3-2;1-4(2)3/h1-5H,(H,8,9);3H2,1-2H3;1H2,(H,2,3)/p-1. The zero-order chi connectivity index (χ0) is 13.0. The molecule has 0 spiro atoms. The van der Waals surface area contributed by atoms with Gasteiger partial charge in [0.25, 0.3) is 0 Å². The van der Waals surface area contributed by atoms with Gasteiger partial charge < -0.3 is 9.66 Å². The molecule has 0 bridgehead atoms. The molecule has 1 aromatic rings. The van der Waals surface area contributed by atoms with Gasteiger partial charge in [-0.25, -0.2) is 4.79 Å². The first-order valence-corrected chi connectivity index (χ1v) is 5.71. The maximum atomic E-state index is 10.2. The van der Waals surface area contributed by atoms with Crippen LogP contribution in [0, 0.1) is 0 Å². The number of aromatic carboxylic acids is 1. The minimum absolute atomic E-state index is 0.331. The summed E-state index contributed by atoms with van der Waals surface area (Å²) in [7, 11) is 0. The zero-order valence-corrected chi connectivity index (χ0v) is 10.1. The summed E-state index contributed by atoms with van der Waals surface area (Å²) in [5, 5.41) is 12.4. The van der Waals surface area contributed by atoms with Crippen molar-refractivity contribution in [3.63, 3.8) is 0 Å². The third kappa shape index (κ3) is 15.2. The smallest absolute Gasteiger partial charge is 0.335 e. The van der Waals surface area contributed by atoms with Crippen LogP contribution in [0.15, 0.2) is 30.3 Å². The monoisotopic (exact) mass is 246 g/mol. The quantitative estimate of drug-likeness (QED) is 0.733. The summed E-state index contributed by atoms with van der Waals surface area (Å²) in [4.78, 5) is 10.2. The lowest BCUT2D eigenvalue weighted by Gasteiger charge is -1.88. The van der Waals surface area contributed by atoms with Crippen LogP contribution in [0.2, 0.25) is 0 Å². The second kappa shape index (κ2) is 11.8. The molecule has 1 atom stereocenters. The number of hydrogen-bond acceptors (Lipinski definition) is 3. The van der Waals surface area contributed by atoms with Crippen LogP contribution in [-0.4, -0.2) is 19.8 Å². The SMILES string of the molecule is CCC.NS(=O)[O-].O=C(O)c1ccccc1. The molecule has 92 valence electrons. The van der Waals surface area contributed by atoms with E-state index in [0.29, 0.717) is 5.56 Å². The molecule has 16 heavy (non-hydrogen) atoms. The lowest BCUT2D eigenvalue weighted by atomic mass is 10.2. The van der Waals surface area contributed by atoms with Gasteiger partial charge in [0, 0.05) is 11.3 Å². The first-order valence-electron chi connectivity index (χ1n) is 4.57. The summed E-state index contributed by atoms with van der Waals surface area (Å²) in [5.74, 6) is -0.879. The number of hydrogen-bond donors (Lipinski definition) is 2. The maximum absolute atomic E-state index is 10.2. The Kier molecular flexibility index (Phi) is 12.7. The number of carboxylic acids is 1. The van der Waals surface area contributed by atoms with Crippen molar-refractivity contribution in [2.75, 3.05) is 0 Å². The van der Waals surface area contributed by atoms with Gasteiger partial charge in [-0.2, -0.15) is 0 Å². The summed E-state index contributed by atoms with van der Waals surface area (Å²) < 4.78 is 17.6. The molecule has 6 heteroatoms. The molecule has 0 radical (unpaired) electrons. The summed E-state index contributed by atoms with van der Waals surface area (Å²) in [6, 6.07) is 8.30. The Morgan fingerprint density at radius 3 is 1.88 bits per heavy atom.